The van der Waals surface area contributed by atoms with Crippen molar-refractivity contribution in [3.63, 3.8) is 0 Å². The number of alkyl halides is 3. The zero-order valence-electron chi connectivity index (χ0n) is 12.5. The lowest BCUT2D eigenvalue weighted by Crippen LogP contribution is -2.13. The summed E-state index contributed by atoms with van der Waals surface area (Å²) in [5.41, 5.74) is -0.876. The average Bonchev–Trinajstić information content (AvgIpc) is 2.53. The van der Waals surface area contributed by atoms with Crippen molar-refractivity contribution in [2.24, 2.45) is 0 Å². The van der Waals surface area contributed by atoms with Crippen molar-refractivity contribution in [2.75, 3.05) is 0 Å². The van der Waals surface area contributed by atoms with E-state index in [1.54, 1.807) is 13.0 Å². The highest BCUT2D eigenvalue weighted by molar-refractivity contribution is 7.87. The zero-order valence-corrected chi connectivity index (χ0v) is 13.3. The first-order valence-corrected chi connectivity index (χ1v) is 8.30. The van der Waals surface area contributed by atoms with E-state index in [4.69, 9.17) is 4.18 Å². The normalized spacial score (nSPS) is 12.0. The van der Waals surface area contributed by atoms with E-state index in [1.165, 1.54) is 18.2 Å². The molecule has 0 aliphatic carbocycles. The molecule has 0 heterocycles. The molecule has 0 bridgehead atoms. The summed E-state index contributed by atoms with van der Waals surface area (Å²) in [6, 6.07) is 8.70. The number of para-hydroxylation sites is 1. The van der Waals surface area contributed by atoms with Gasteiger partial charge in [0.15, 0.2) is 11.5 Å². The third-order valence-corrected chi connectivity index (χ3v) is 4.43. The molecule has 2 aromatic rings. The van der Waals surface area contributed by atoms with Crippen molar-refractivity contribution in [1.82, 2.24) is 0 Å². The van der Waals surface area contributed by atoms with Crippen LogP contribution in [-0.4, -0.2) is 14.2 Å². The summed E-state index contributed by atoms with van der Waals surface area (Å²) in [5, 5.41) is 0. The molecule has 0 atom stereocenters. The van der Waals surface area contributed by atoms with Gasteiger partial charge in [-0.15, -0.1) is 0 Å². The van der Waals surface area contributed by atoms with Crippen LogP contribution in [0.1, 0.15) is 29.3 Å². The van der Waals surface area contributed by atoms with Crippen LogP contribution in [0.4, 0.5) is 13.2 Å². The molecular weight excluding hydrogens is 345 g/mol. The summed E-state index contributed by atoms with van der Waals surface area (Å²) in [5.74, 6) is -0.475. The van der Waals surface area contributed by atoms with E-state index in [9.17, 15) is 26.4 Å². The van der Waals surface area contributed by atoms with E-state index in [1.807, 2.05) is 0 Å². The molecular formula is C16H13F3O4S. The summed E-state index contributed by atoms with van der Waals surface area (Å²) in [4.78, 5) is 11.4. The van der Waals surface area contributed by atoms with Gasteiger partial charge in [0.1, 0.15) is 4.90 Å². The third-order valence-electron chi connectivity index (χ3n) is 3.18. The van der Waals surface area contributed by atoms with Gasteiger partial charge < -0.3 is 4.18 Å². The van der Waals surface area contributed by atoms with E-state index >= 15 is 0 Å². The second kappa shape index (κ2) is 6.64. The van der Waals surface area contributed by atoms with Crippen LogP contribution in [0, 0.1) is 0 Å². The Balaban J connectivity index is 2.34. The molecule has 0 saturated carbocycles. The molecule has 0 radical (unpaired) electrons. The Labute approximate surface area is 137 Å². The summed E-state index contributed by atoms with van der Waals surface area (Å²) >= 11 is 0. The second-order valence-corrected chi connectivity index (χ2v) is 6.38. The lowest BCUT2D eigenvalue weighted by molar-refractivity contribution is -0.137. The topological polar surface area (TPSA) is 60.4 Å². The molecule has 24 heavy (non-hydrogen) atoms. The molecule has 0 aliphatic rings. The number of halogens is 3. The highest BCUT2D eigenvalue weighted by atomic mass is 32.2. The highest BCUT2D eigenvalue weighted by Gasteiger charge is 2.31. The minimum atomic E-state index is -4.57. The summed E-state index contributed by atoms with van der Waals surface area (Å²) in [6.07, 6.45) is -4.41. The predicted octanol–water partition coefficient (Wildman–Crippen LogP) is 4.07. The molecule has 0 spiro atoms. The van der Waals surface area contributed by atoms with E-state index in [0.717, 1.165) is 12.1 Å². The first kappa shape index (κ1) is 18.0. The SMILES string of the molecule is CCC(=O)c1ccccc1OS(=O)(=O)c1ccc(C(F)(F)F)cc1. The van der Waals surface area contributed by atoms with Gasteiger partial charge in [0.05, 0.1) is 11.1 Å². The monoisotopic (exact) mass is 358 g/mol. The third kappa shape index (κ3) is 3.94. The van der Waals surface area contributed by atoms with Gasteiger partial charge in [-0.3, -0.25) is 4.79 Å². The number of carbonyl (C=O) groups is 1. The molecule has 0 N–H and O–H groups in total. The summed E-state index contributed by atoms with van der Waals surface area (Å²) in [7, 11) is -4.36. The van der Waals surface area contributed by atoms with Gasteiger partial charge in [-0.25, -0.2) is 0 Å². The second-order valence-electron chi connectivity index (χ2n) is 4.83. The van der Waals surface area contributed by atoms with Crippen LogP contribution in [0.3, 0.4) is 0 Å². The number of carbonyl (C=O) groups excluding carboxylic acids is 1. The van der Waals surface area contributed by atoms with Crippen molar-refractivity contribution in [3.05, 3.63) is 59.7 Å². The van der Waals surface area contributed by atoms with Gasteiger partial charge in [-0.05, 0) is 36.4 Å². The van der Waals surface area contributed by atoms with Crippen LogP contribution >= 0.6 is 0 Å². The van der Waals surface area contributed by atoms with Crippen LogP contribution in [0.25, 0.3) is 0 Å². The maximum absolute atomic E-state index is 12.5. The average molecular weight is 358 g/mol. The van der Waals surface area contributed by atoms with Gasteiger partial charge in [0.2, 0.25) is 0 Å². The molecule has 0 fully saturated rings. The van der Waals surface area contributed by atoms with Gasteiger partial charge in [-0.1, -0.05) is 19.1 Å². The first-order valence-electron chi connectivity index (χ1n) is 6.89. The first-order chi connectivity index (χ1) is 11.1. The number of ketones is 1. The Bertz CT molecular complexity index is 840. The largest absolute Gasteiger partial charge is 0.416 e. The lowest BCUT2D eigenvalue weighted by atomic mass is 10.1. The van der Waals surface area contributed by atoms with E-state index in [2.05, 4.69) is 0 Å². The van der Waals surface area contributed by atoms with Gasteiger partial charge in [0.25, 0.3) is 0 Å². The molecule has 0 unspecified atom stereocenters. The minimum Gasteiger partial charge on any atom is -0.378 e. The maximum Gasteiger partial charge on any atom is 0.416 e. The molecule has 4 nitrogen and oxygen atoms in total. The Morgan fingerprint density at radius 1 is 1.04 bits per heavy atom. The predicted molar refractivity (Wildman–Crippen MR) is 80.3 cm³/mol. The number of hydrogen-bond acceptors (Lipinski definition) is 4. The lowest BCUT2D eigenvalue weighted by Gasteiger charge is -2.11. The molecule has 2 rings (SSSR count). The molecule has 8 heteroatoms. The van der Waals surface area contributed by atoms with E-state index < -0.39 is 26.8 Å². The van der Waals surface area contributed by atoms with Crippen LogP contribution < -0.4 is 4.18 Å². The molecule has 0 amide bonds. The van der Waals surface area contributed by atoms with E-state index in [0.29, 0.717) is 12.1 Å². The molecule has 0 saturated heterocycles. The van der Waals surface area contributed by atoms with Crippen molar-refractivity contribution in [3.8, 4) is 5.75 Å². The number of Topliss-reactive ketones (excluding diaryl/α,β-unsaturated/α-hetero) is 1. The highest BCUT2D eigenvalue weighted by Crippen LogP contribution is 2.30. The quantitative estimate of drug-likeness (QED) is 0.597. The molecule has 0 aromatic heterocycles. The van der Waals surface area contributed by atoms with Crippen molar-refractivity contribution < 1.29 is 30.6 Å². The number of hydrogen-bond donors (Lipinski definition) is 0. The van der Waals surface area contributed by atoms with Gasteiger partial charge in [0, 0.05) is 6.42 Å². The Hall–Kier alpha value is -2.35. The maximum atomic E-state index is 12.5. The molecule has 0 aliphatic heterocycles. The van der Waals surface area contributed by atoms with Crippen LogP contribution in [0.2, 0.25) is 0 Å². The Kier molecular flexibility index (Phi) is 4.98. The Morgan fingerprint density at radius 2 is 1.62 bits per heavy atom. The van der Waals surface area contributed by atoms with Crippen LogP contribution in [0.15, 0.2) is 53.4 Å². The minimum absolute atomic E-state index is 0.0930. The van der Waals surface area contributed by atoms with Gasteiger partial charge >= 0.3 is 16.3 Å². The van der Waals surface area contributed by atoms with Gasteiger partial charge in [-0.2, -0.15) is 21.6 Å². The fourth-order valence-electron chi connectivity index (χ4n) is 1.94. The summed E-state index contributed by atoms with van der Waals surface area (Å²) < 4.78 is 66.9. The fraction of sp³-hybridized carbons (Fsp3) is 0.188. The standard InChI is InChI=1S/C16H13F3O4S/c1-2-14(20)13-5-3-4-6-15(13)23-24(21,22)12-9-7-11(8-10-12)16(17,18)19/h3-10H,2H2,1H3. The van der Waals surface area contributed by atoms with Crippen LogP contribution in [0.5, 0.6) is 5.75 Å². The van der Waals surface area contributed by atoms with Crippen LogP contribution in [-0.2, 0) is 16.3 Å². The smallest absolute Gasteiger partial charge is 0.378 e. The summed E-state index contributed by atoms with van der Waals surface area (Å²) in [6.45, 7) is 1.61. The molecule has 2 aromatic carbocycles. The number of benzene rings is 2. The van der Waals surface area contributed by atoms with Crippen molar-refractivity contribution in [1.29, 1.82) is 0 Å². The van der Waals surface area contributed by atoms with Crippen molar-refractivity contribution in [2.45, 2.75) is 24.4 Å². The Morgan fingerprint density at radius 3 is 2.17 bits per heavy atom. The van der Waals surface area contributed by atoms with E-state index in [-0.39, 0.29) is 23.5 Å². The molecule has 128 valence electrons. The number of rotatable bonds is 5. The van der Waals surface area contributed by atoms with Crippen molar-refractivity contribution >= 4 is 15.9 Å². The zero-order chi connectivity index (χ0) is 18.0. The fourth-order valence-corrected chi connectivity index (χ4v) is 2.88.